The highest BCUT2D eigenvalue weighted by atomic mass is 16.5. The minimum absolute atomic E-state index is 0.0291. The molecule has 1 atom stereocenters. The fourth-order valence-corrected chi connectivity index (χ4v) is 4.26. The van der Waals surface area contributed by atoms with Gasteiger partial charge in [-0.2, -0.15) is 10.4 Å². The fourth-order valence-electron chi connectivity index (χ4n) is 4.26. The van der Waals surface area contributed by atoms with Crippen molar-refractivity contribution in [2.45, 2.75) is 25.8 Å². The number of fused-ring (bicyclic) bond motifs is 1. The first-order chi connectivity index (χ1) is 16.5. The standard InChI is InChI=1S/C26H24N6O2/c1-16(2)32-26-23(24(30-32)18-6-10-20(33-3)11-7-18)22(21(14-27)25(28)34-26)17-4-8-19(9-5-17)31-13-12-29-15-31/h4-13,15-16,22H,28H2,1-3H3. The number of nitrogens with zero attached hydrogens (tertiary/aromatic N) is 5. The first kappa shape index (κ1) is 21.3. The van der Waals surface area contributed by atoms with E-state index in [0.29, 0.717) is 11.5 Å². The zero-order chi connectivity index (χ0) is 23.8. The largest absolute Gasteiger partial charge is 0.497 e. The Morgan fingerprint density at radius 1 is 1.12 bits per heavy atom. The highest BCUT2D eigenvalue weighted by Gasteiger charge is 2.37. The lowest BCUT2D eigenvalue weighted by Crippen LogP contribution is -2.22. The molecule has 3 heterocycles. The van der Waals surface area contributed by atoms with Gasteiger partial charge < -0.3 is 19.8 Å². The van der Waals surface area contributed by atoms with Gasteiger partial charge in [-0.1, -0.05) is 12.1 Å². The van der Waals surface area contributed by atoms with Gasteiger partial charge in [0.1, 0.15) is 23.1 Å². The normalized spacial score (nSPS) is 15.1. The van der Waals surface area contributed by atoms with Gasteiger partial charge in [-0.25, -0.2) is 9.67 Å². The molecule has 2 aromatic carbocycles. The number of aromatic nitrogens is 4. The summed E-state index contributed by atoms with van der Waals surface area (Å²) in [5.41, 5.74) is 11.0. The van der Waals surface area contributed by atoms with Gasteiger partial charge in [-0.15, -0.1) is 0 Å². The molecule has 0 amide bonds. The van der Waals surface area contributed by atoms with Crippen LogP contribution < -0.4 is 15.2 Å². The molecule has 1 unspecified atom stereocenters. The van der Waals surface area contributed by atoms with Crippen molar-refractivity contribution in [3.05, 3.63) is 89.8 Å². The van der Waals surface area contributed by atoms with E-state index in [-0.39, 0.29) is 11.9 Å². The lowest BCUT2D eigenvalue weighted by Gasteiger charge is -2.26. The van der Waals surface area contributed by atoms with E-state index in [1.54, 1.807) is 19.6 Å². The van der Waals surface area contributed by atoms with E-state index < -0.39 is 5.92 Å². The van der Waals surface area contributed by atoms with E-state index >= 15 is 0 Å². The van der Waals surface area contributed by atoms with Crippen molar-refractivity contribution < 1.29 is 9.47 Å². The van der Waals surface area contributed by atoms with E-state index in [2.05, 4.69) is 11.1 Å². The summed E-state index contributed by atoms with van der Waals surface area (Å²) >= 11 is 0. The smallest absolute Gasteiger partial charge is 0.224 e. The van der Waals surface area contributed by atoms with Crippen LogP contribution in [0.2, 0.25) is 0 Å². The summed E-state index contributed by atoms with van der Waals surface area (Å²) in [6, 6.07) is 18.0. The third-order valence-electron chi connectivity index (χ3n) is 5.95. The molecule has 4 aromatic rings. The Labute approximate surface area is 197 Å². The van der Waals surface area contributed by atoms with Crippen LogP contribution in [0.25, 0.3) is 16.9 Å². The van der Waals surface area contributed by atoms with Crippen LogP contribution in [0, 0.1) is 11.3 Å². The zero-order valence-corrected chi connectivity index (χ0v) is 19.1. The van der Waals surface area contributed by atoms with Crippen molar-refractivity contribution in [2.24, 2.45) is 5.73 Å². The second-order valence-electron chi connectivity index (χ2n) is 8.32. The molecule has 170 valence electrons. The van der Waals surface area contributed by atoms with E-state index in [4.69, 9.17) is 20.3 Å². The first-order valence-corrected chi connectivity index (χ1v) is 10.9. The Morgan fingerprint density at radius 3 is 2.44 bits per heavy atom. The number of allylic oxidation sites excluding steroid dienone is 1. The number of ether oxygens (including phenoxy) is 2. The van der Waals surface area contributed by atoms with Crippen LogP contribution in [0.3, 0.4) is 0 Å². The average molecular weight is 453 g/mol. The first-order valence-electron chi connectivity index (χ1n) is 10.9. The van der Waals surface area contributed by atoms with E-state index in [0.717, 1.165) is 33.8 Å². The monoisotopic (exact) mass is 452 g/mol. The van der Waals surface area contributed by atoms with Crippen molar-refractivity contribution in [2.75, 3.05) is 7.11 Å². The predicted octanol–water partition coefficient (Wildman–Crippen LogP) is 4.54. The molecule has 0 saturated heterocycles. The minimum Gasteiger partial charge on any atom is -0.497 e. The molecule has 5 rings (SSSR count). The van der Waals surface area contributed by atoms with Crippen LogP contribution >= 0.6 is 0 Å². The van der Waals surface area contributed by atoms with Gasteiger partial charge in [0.15, 0.2) is 0 Å². The lowest BCUT2D eigenvalue weighted by atomic mass is 9.83. The summed E-state index contributed by atoms with van der Waals surface area (Å²) in [6.45, 7) is 4.06. The maximum absolute atomic E-state index is 10.0. The Morgan fingerprint density at radius 2 is 1.85 bits per heavy atom. The molecule has 1 aliphatic rings. The fraction of sp³-hybridized carbons (Fsp3) is 0.192. The van der Waals surface area contributed by atoms with Gasteiger partial charge >= 0.3 is 0 Å². The number of hydrogen-bond donors (Lipinski definition) is 1. The van der Waals surface area contributed by atoms with Crippen LogP contribution in [0.1, 0.15) is 36.9 Å². The molecule has 2 N–H and O–H groups in total. The summed E-state index contributed by atoms with van der Waals surface area (Å²) in [5, 5.41) is 14.9. The molecular formula is C26H24N6O2. The molecule has 8 heteroatoms. The predicted molar refractivity (Wildman–Crippen MR) is 127 cm³/mol. The third kappa shape index (κ3) is 3.48. The topological polar surface area (TPSA) is 104 Å². The Hall–Kier alpha value is -4.51. The van der Waals surface area contributed by atoms with Crippen LogP contribution in [0.4, 0.5) is 0 Å². The Kier molecular flexibility index (Phi) is 5.30. The lowest BCUT2D eigenvalue weighted by molar-refractivity contribution is 0.334. The van der Waals surface area contributed by atoms with Gasteiger partial charge in [0, 0.05) is 23.6 Å². The summed E-state index contributed by atoms with van der Waals surface area (Å²) in [5.74, 6) is 0.989. The Balaban J connectivity index is 1.70. The van der Waals surface area contributed by atoms with Crippen LogP contribution in [0.15, 0.2) is 78.7 Å². The van der Waals surface area contributed by atoms with Gasteiger partial charge in [0.2, 0.25) is 11.8 Å². The maximum Gasteiger partial charge on any atom is 0.224 e. The minimum atomic E-state index is -0.421. The molecule has 8 nitrogen and oxygen atoms in total. The van der Waals surface area contributed by atoms with Crippen molar-refractivity contribution in [1.29, 1.82) is 5.26 Å². The summed E-state index contributed by atoms with van der Waals surface area (Å²) in [7, 11) is 1.63. The van der Waals surface area contributed by atoms with Crippen LogP contribution in [-0.4, -0.2) is 26.4 Å². The van der Waals surface area contributed by atoms with E-state index in [1.165, 1.54) is 0 Å². The average Bonchev–Trinajstić information content (AvgIpc) is 3.52. The molecule has 0 saturated carbocycles. The van der Waals surface area contributed by atoms with Gasteiger partial charge in [0.25, 0.3) is 0 Å². The van der Waals surface area contributed by atoms with Gasteiger partial charge in [-0.05, 0) is 55.8 Å². The number of nitrogens with two attached hydrogens (primary N) is 1. The maximum atomic E-state index is 10.0. The van der Waals surface area contributed by atoms with Gasteiger partial charge in [-0.3, -0.25) is 0 Å². The number of imidazole rings is 1. The van der Waals surface area contributed by atoms with Crippen molar-refractivity contribution in [1.82, 2.24) is 19.3 Å². The zero-order valence-electron chi connectivity index (χ0n) is 19.1. The molecule has 1 aliphatic heterocycles. The van der Waals surface area contributed by atoms with E-state index in [9.17, 15) is 5.26 Å². The van der Waals surface area contributed by atoms with Crippen molar-refractivity contribution in [3.8, 4) is 34.6 Å². The summed E-state index contributed by atoms with van der Waals surface area (Å²) in [4.78, 5) is 4.11. The molecule has 0 aliphatic carbocycles. The second-order valence-corrected chi connectivity index (χ2v) is 8.32. The number of hydrogen-bond acceptors (Lipinski definition) is 6. The molecule has 2 aromatic heterocycles. The second kappa shape index (κ2) is 8.45. The molecule has 34 heavy (non-hydrogen) atoms. The van der Waals surface area contributed by atoms with E-state index in [1.807, 2.05) is 77.8 Å². The van der Waals surface area contributed by atoms with Crippen molar-refractivity contribution >= 4 is 0 Å². The summed E-state index contributed by atoms with van der Waals surface area (Å²) in [6.07, 6.45) is 5.36. The SMILES string of the molecule is COc1ccc(-c2nn(C(C)C)c3c2C(c2ccc(-n4ccnc4)cc2)C(C#N)=C(N)O3)cc1. The number of benzene rings is 2. The molecule has 0 radical (unpaired) electrons. The van der Waals surface area contributed by atoms with Crippen LogP contribution in [-0.2, 0) is 0 Å². The quantitative estimate of drug-likeness (QED) is 0.477. The molecular weight excluding hydrogens is 428 g/mol. The molecule has 0 spiro atoms. The molecule has 0 fully saturated rings. The number of nitriles is 1. The molecule has 0 bridgehead atoms. The highest BCUT2D eigenvalue weighted by molar-refractivity contribution is 5.71. The number of methoxy groups -OCH3 is 1. The van der Waals surface area contributed by atoms with Crippen LogP contribution in [0.5, 0.6) is 11.6 Å². The highest BCUT2D eigenvalue weighted by Crippen LogP contribution is 2.47. The summed E-state index contributed by atoms with van der Waals surface area (Å²) < 4.78 is 15.1. The third-order valence-corrected chi connectivity index (χ3v) is 5.95. The van der Waals surface area contributed by atoms with Gasteiger partial charge in [0.05, 0.1) is 31.0 Å². The van der Waals surface area contributed by atoms with Crippen molar-refractivity contribution in [3.63, 3.8) is 0 Å². The number of rotatable bonds is 5. The Bertz CT molecular complexity index is 1390.